The van der Waals surface area contributed by atoms with E-state index in [1.54, 1.807) is 19.1 Å². The molecule has 1 heterocycles. The van der Waals surface area contributed by atoms with E-state index in [1.807, 2.05) is 0 Å². The van der Waals surface area contributed by atoms with Crippen LogP contribution in [0.2, 0.25) is 0 Å². The molecule has 16 heavy (non-hydrogen) atoms. The zero-order valence-electron chi connectivity index (χ0n) is 9.41. The van der Waals surface area contributed by atoms with Crippen LogP contribution >= 0.6 is 0 Å². The summed E-state index contributed by atoms with van der Waals surface area (Å²) in [5.74, 6) is 0.193. The smallest absolute Gasteiger partial charge is 0.339 e. The minimum Gasteiger partial charge on any atom is -0.508 e. The number of benzene rings is 1. The Morgan fingerprint density at radius 3 is 2.81 bits per heavy atom. The van der Waals surface area contributed by atoms with E-state index in [4.69, 9.17) is 4.42 Å². The predicted molar refractivity (Wildman–Crippen MR) is 62.9 cm³/mol. The van der Waals surface area contributed by atoms with Crippen molar-refractivity contribution in [3.63, 3.8) is 0 Å². The number of fused-ring (bicyclic) bond motifs is 1. The van der Waals surface area contributed by atoms with Crippen LogP contribution in [0.15, 0.2) is 27.4 Å². The molecular formula is C13H14O3. The van der Waals surface area contributed by atoms with Gasteiger partial charge in [0.05, 0.1) is 0 Å². The van der Waals surface area contributed by atoms with Crippen molar-refractivity contribution in [3.8, 4) is 5.75 Å². The Bertz CT molecular complexity index is 581. The van der Waals surface area contributed by atoms with E-state index in [2.05, 4.69) is 6.92 Å². The summed E-state index contributed by atoms with van der Waals surface area (Å²) < 4.78 is 5.17. The van der Waals surface area contributed by atoms with E-state index in [9.17, 15) is 9.90 Å². The first kappa shape index (κ1) is 10.7. The lowest BCUT2D eigenvalue weighted by Crippen LogP contribution is -2.07. The molecule has 0 unspecified atom stereocenters. The van der Waals surface area contributed by atoms with Crippen molar-refractivity contribution in [1.29, 1.82) is 0 Å². The predicted octanol–water partition coefficient (Wildman–Crippen LogP) is 2.76. The highest BCUT2D eigenvalue weighted by atomic mass is 16.4. The van der Waals surface area contributed by atoms with E-state index < -0.39 is 0 Å². The fraction of sp³-hybridized carbons (Fsp3) is 0.308. The van der Waals surface area contributed by atoms with Gasteiger partial charge in [0.25, 0.3) is 0 Å². The van der Waals surface area contributed by atoms with Crippen molar-refractivity contribution >= 4 is 11.0 Å². The molecule has 1 aromatic heterocycles. The van der Waals surface area contributed by atoms with Crippen LogP contribution in [0.3, 0.4) is 0 Å². The summed E-state index contributed by atoms with van der Waals surface area (Å²) in [6.07, 6.45) is 1.77. The van der Waals surface area contributed by atoms with Crippen LogP contribution in [0, 0.1) is 6.92 Å². The Balaban J connectivity index is 2.85. The molecule has 0 saturated heterocycles. The molecule has 1 aromatic carbocycles. The fourth-order valence-corrected chi connectivity index (χ4v) is 1.92. The average Bonchev–Trinajstić information content (AvgIpc) is 2.26. The highest BCUT2D eigenvalue weighted by Gasteiger charge is 2.10. The monoisotopic (exact) mass is 218 g/mol. The zero-order chi connectivity index (χ0) is 11.7. The molecule has 3 heteroatoms. The molecule has 0 saturated carbocycles. The summed E-state index contributed by atoms with van der Waals surface area (Å²) >= 11 is 0. The van der Waals surface area contributed by atoms with Crippen LogP contribution < -0.4 is 5.63 Å². The Labute approximate surface area is 93.3 Å². The number of hydrogen-bond acceptors (Lipinski definition) is 3. The van der Waals surface area contributed by atoms with Crippen LogP contribution in [-0.4, -0.2) is 5.11 Å². The quantitative estimate of drug-likeness (QED) is 0.788. The second-order valence-electron chi connectivity index (χ2n) is 3.92. The van der Waals surface area contributed by atoms with Crippen molar-refractivity contribution in [2.45, 2.75) is 26.7 Å². The lowest BCUT2D eigenvalue weighted by atomic mass is 10.0. The molecule has 0 aliphatic rings. The third-order valence-electron chi connectivity index (χ3n) is 2.75. The van der Waals surface area contributed by atoms with Gasteiger partial charge in [-0.25, -0.2) is 4.79 Å². The highest BCUT2D eigenvalue weighted by Crippen LogP contribution is 2.24. The molecule has 3 nitrogen and oxygen atoms in total. The van der Waals surface area contributed by atoms with E-state index in [1.165, 1.54) is 6.07 Å². The summed E-state index contributed by atoms with van der Waals surface area (Å²) in [6, 6.07) is 4.80. The molecule has 0 fully saturated rings. The first-order valence-electron chi connectivity index (χ1n) is 5.38. The molecule has 0 spiro atoms. The van der Waals surface area contributed by atoms with Crippen molar-refractivity contribution in [2.75, 3.05) is 0 Å². The Hall–Kier alpha value is -1.77. The van der Waals surface area contributed by atoms with Gasteiger partial charge in [-0.05, 0) is 37.1 Å². The molecule has 0 aliphatic heterocycles. The highest BCUT2D eigenvalue weighted by molar-refractivity contribution is 5.82. The van der Waals surface area contributed by atoms with Crippen LogP contribution in [0.4, 0.5) is 0 Å². The molecule has 0 bridgehead atoms. The first-order valence-corrected chi connectivity index (χ1v) is 5.38. The van der Waals surface area contributed by atoms with Crippen LogP contribution in [0.5, 0.6) is 5.75 Å². The maximum atomic E-state index is 11.6. The number of aromatic hydroxyl groups is 1. The SMILES string of the molecule is CCCc1c(C)c(=O)oc2ccc(O)cc12. The normalized spacial score (nSPS) is 10.9. The molecule has 0 atom stereocenters. The number of phenols is 1. The van der Waals surface area contributed by atoms with Gasteiger partial charge in [-0.3, -0.25) is 0 Å². The van der Waals surface area contributed by atoms with Crippen molar-refractivity contribution in [3.05, 3.63) is 39.7 Å². The molecule has 84 valence electrons. The summed E-state index contributed by atoms with van der Waals surface area (Å²) in [5, 5.41) is 10.3. The number of aryl methyl sites for hydroxylation is 1. The van der Waals surface area contributed by atoms with Crippen molar-refractivity contribution < 1.29 is 9.52 Å². The number of rotatable bonds is 2. The third kappa shape index (κ3) is 1.69. The Morgan fingerprint density at radius 2 is 2.12 bits per heavy atom. The molecule has 2 aromatic rings. The summed E-state index contributed by atoms with van der Waals surface area (Å²) in [7, 11) is 0. The van der Waals surface area contributed by atoms with E-state index in [0.29, 0.717) is 11.1 Å². The first-order chi connectivity index (χ1) is 7.63. The van der Waals surface area contributed by atoms with E-state index in [0.717, 1.165) is 23.8 Å². The number of phenolic OH excluding ortho intramolecular Hbond substituents is 1. The van der Waals surface area contributed by atoms with Gasteiger partial charge < -0.3 is 9.52 Å². The standard InChI is InChI=1S/C13H14O3/c1-3-4-10-8(2)13(15)16-12-6-5-9(14)7-11(10)12/h5-7,14H,3-4H2,1-2H3. The molecular weight excluding hydrogens is 204 g/mol. The topological polar surface area (TPSA) is 50.4 Å². The van der Waals surface area contributed by atoms with Crippen molar-refractivity contribution in [1.82, 2.24) is 0 Å². The fourth-order valence-electron chi connectivity index (χ4n) is 1.92. The minimum absolute atomic E-state index is 0.193. The average molecular weight is 218 g/mol. The van der Waals surface area contributed by atoms with E-state index >= 15 is 0 Å². The Kier molecular flexibility index (Phi) is 2.69. The second-order valence-corrected chi connectivity index (χ2v) is 3.92. The second kappa shape index (κ2) is 4.00. The van der Waals surface area contributed by atoms with Crippen LogP contribution in [-0.2, 0) is 6.42 Å². The number of hydrogen-bond donors (Lipinski definition) is 1. The van der Waals surface area contributed by atoms with Crippen LogP contribution in [0.25, 0.3) is 11.0 Å². The van der Waals surface area contributed by atoms with Gasteiger partial charge in [0.1, 0.15) is 11.3 Å². The summed E-state index contributed by atoms with van der Waals surface area (Å²) in [5.41, 5.74) is 1.86. The largest absolute Gasteiger partial charge is 0.508 e. The molecule has 0 radical (unpaired) electrons. The maximum absolute atomic E-state index is 11.6. The van der Waals surface area contributed by atoms with Crippen molar-refractivity contribution in [2.24, 2.45) is 0 Å². The van der Waals surface area contributed by atoms with Gasteiger partial charge in [0.2, 0.25) is 0 Å². The summed E-state index contributed by atoms with van der Waals surface area (Å²) in [4.78, 5) is 11.6. The van der Waals surface area contributed by atoms with Gasteiger partial charge in [-0.2, -0.15) is 0 Å². The summed E-state index contributed by atoms with van der Waals surface area (Å²) in [6.45, 7) is 3.82. The van der Waals surface area contributed by atoms with Gasteiger partial charge in [0, 0.05) is 10.9 Å². The molecule has 0 aliphatic carbocycles. The minimum atomic E-state index is -0.290. The maximum Gasteiger partial charge on any atom is 0.339 e. The molecule has 0 amide bonds. The molecule has 1 N–H and O–H groups in total. The van der Waals surface area contributed by atoms with Gasteiger partial charge in [-0.1, -0.05) is 13.3 Å². The molecule has 2 rings (SSSR count). The Morgan fingerprint density at radius 1 is 1.38 bits per heavy atom. The lowest BCUT2D eigenvalue weighted by Gasteiger charge is -2.07. The van der Waals surface area contributed by atoms with E-state index in [-0.39, 0.29) is 11.4 Å². The van der Waals surface area contributed by atoms with Gasteiger partial charge in [-0.15, -0.1) is 0 Å². The third-order valence-corrected chi connectivity index (χ3v) is 2.75. The lowest BCUT2D eigenvalue weighted by molar-refractivity contribution is 0.475. The van der Waals surface area contributed by atoms with Crippen LogP contribution in [0.1, 0.15) is 24.5 Å². The van der Waals surface area contributed by atoms with Gasteiger partial charge in [0.15, 0.2) is 0 Å². The zero-order valence-corrected chi connectivity index (χ0v) is 9.41. The van der Waals surface area contributed by atoms with Gasteiger partial charge >= 0.3 is 5.63 Å².